The summed E-state index contributed by atoms with van der Waals surface area (Å²) in [5.41, 5.74) is 3.19. The van der Waals surface area contributed by atoms with Crippen molar-refractivity contribution in [3.05, 3.63) is 63.1 Å². The Hall–Kier alpha value is -2.04. The third-order valence-electron chi connectivity index (χ3n) is 3.38. The van der Waals surface area contributed by atoms with Gasteiger partial charge < -0.3 is 10.6 Å². The van der Waals surface area contributed by atoms with Crippen molar-refractivity contribution in [3.63, 3.8) is 0 Å². The number of hydrogen-bond acceptors (Lipinski definition) is 2. The molecule has 6 heteroatoms. The number of amides is 2. The molecule has 0 radical (unpaired) electrons. The van der Waals surface area contributed by atoms with Crippen molar-refractivity contribution in [2.75, 3.05) is 11.9 Å². The lowest BCUT2D eigenvalue weighted by molar-refractivity contribution is -0.115. The van der Waals surface area contributed by atoms with Gasteiger partial charge in [0.15, 0.2) is 0 Å². The third-order valence-corrected chi connectivity index (χ3v) is 3.92. The van der Waals surface area contributed by atoms with Crippen molar-refractivity contribution in [1.82, 2.24) is 5.32 Å². The van der Waals surface area contributed by atoms with Crippen LogP contribution in [0.25, 0.3) is 0 Å². The van der Waals surface area contributed by atoms with Crippen LogP contribution in [0.4, 0.5) is 5.69 Å². The molecule has 120 valence electrons. The predicted molar refractivity (Wildman–Crippen MR) is 93.3 cm³/mol. The van der Waals surface area contributed by atoms with Crippen LogP contribution in [0.5, 0.6) is 0 Å². The van der Waals surface area contributed by atoms with E-state index in [4.69, 9.17) is 23.2 Å². The molecule has 2 rings (SSSR count). The lowest BCUT2D eigenvalue weighted by Gasteiger charge is -2.09. The highest BCUT2D eigenvalue weighted by atomic mass is 35.5. The Balaban J connectivity index is 1.93. The molecule has 23 heavy (non-hydrogen) atoms. The van der Waals surface area contributed by atoms with Gasteiger partial charge in [-0.25, -0.2) is 0 Å². The van der Waals surface area contributed by atoms with E-state index in [1.54, 1.807) is 6.07 Å². The summed E-state index contributed by atoms with van der Waals surface area (Å²) >= 11 is 11.7. The first kappa shape index (κ1) is 17.3. The van der Waals surface area contributed by atoms with Crippen LogP contribution in [-0.2, 0) is 4.79 Å². The summed E-state index contributed by atoms with van der Waals surface area (Å²) < 4.78 is 0. The number of halogens is 2. The van der Waals surface area contributed by atoms with Crippen molar-refractivity contribution in [1.29, 1.82) is 0 Å². The average molecular weight is 351 g/mol. The van der Waals surface area contributed by atoms with E-state index in [0.717, 1.165) is 11.1 Å². The SMILES string of the molecule is Cc1ccc(NC(=O)CNC(=O)c2ccc(Cl)cc2Cl)cc1C. The van der Waals surface area contributed by atoms with Gasteiger partial charge in [0.2, 0.25) is 5.91 Å². The van der Waals surface area contributed by atoms with Crippen LogP contribution in [0, 0.1) is 13.8 Å². The predicted octanol–water partition coefficient (Wildman–Crippen LogP) is 3.98. The summed E-state index contributed by atoms with van der Waals surface area (Å²) in [6, 6.07) is 10.2. The zero-order valence-electron chi connectivity index (χ0n) is 12.7. The quantitative estimate of drug-likeness (QED) is 0.875. The Morgan fingerprint density at radius 1 is 1.00 bits per heavy atom. The minimum atomic E-state index is -0.429. The van der Waals surface area contributed by atoms with Crippen molar-refractivity contribution < 1.29 is 9.59 Å². The molecule has 2 aromatic rings. The molecule has 2 N–H and O–H groups in total. The lowest BCUT2D eigenvalue weighted by Crippen LogP contribution is -2.33. The number of carbonyl (C=O) groups excluding carboxylic acids is 2. The second-order valence-electron chi connectivity index (χ2n) is 5.15. The van der Waals surface area contributed by atoms with E-state index in [9.17, 15) is 9.59 Å². The van der Waals surface area contributed by atoms with E-state index in [0.29, 0.717) is 10.7 Å². The van der Waals surface area contributed by atoms with Crippen LogP contribution < -0.4 is 10.6 Å². The van der Waals surface area contributed by atoms with E-state index in [1.165, 1.54) is 12.1 Å². The molecule has 0 fully saturated rings. The maximum Gasteiger partial charge on any atom is 0.253 e. The van der Waals surface area contributed by atoms with Crippen molar-refractivity contribution >= 4 is 40.7 Å². The molecule has 0 aromatic heterocycles. The molecule has 0 bridgehead atoms. The molecule has 4 nitrogen and oxygen atoms in total. The highest BCUT2D eigenvalue weighted by molar-refractivity contribution is 6.36. The first-order valence-electron chi connectivity index (χ1n) is 6.97. The van der Waals surface area contributed by atoms with Gasteiger partial charge in [0, 0.05) is 10.7 Å². The average Bonchev–Trinajstić information content (AvgIpc) is 2.48. The molecule has 0 heterocycles. The molecule has 0 spiro atoms. The molecule has 0 aliphatic heterocycles. The molecule has 2 aromatic carbocycles. The molecular formula is C17H16Cl2N2O2. The number of carbonyl (C=O) groups is 2. The molecule has 0 aliphatic rings. The summed E-state index contributed by atoms with van der Waals surface area (Å²) in [7, 11) is 0. The van der Waals surface area contributed by atoms with Crippen LogP contribution >= 0.6 is 23.2 Å². The Labute approximate surface area is 144 Å². The summed E-state index contributed by atoms with van der Waals surface area (Å²) in [5, 5.41) is 5.94. The summed E-state index contributed by atoms with van der Waals surface area (Å²) in [6.45, 7) is 3.82. The van der Waals surface area contributed by atoms with Gasteiger partial charge in [0.25, 0.3) is 5.91 Å². The Kier molecular flexibility index (Phi) is 5.64. The standard InChI is InChI=1S/C17H16Cl2N2O2/c1-10-3-5-13(7-11(10)2)21-16(22)9-20-17(23)14-6-4-12(18)8-15(14)19/h3-8H,9H2,1-2H3,(H,20,23)(H,21,22). The largest absolute Gasteiger partial charge is 0.343 e. The topological polar surface area (TPSA) is 58.2 Å². The highest BCUT2D eigenvalue weighted by Gasteiger charge is 2.12. The van der Waals surface area contributed by atoms with Gasteiger partial charge in [-0.1, -0.05) is 29.3 Å². The number of hydrogen-bond donors (Lipinski definition) is 2. The first-order valence-corrected chi connectivity index (χ1v) is 7.73. The summed E-state index contributed by atoms with van der Waals surface area (Å²) in [5.74, 6) is -0.742. The van der Waals surface area contributed by atoms with Gasteiger partial charge in [-0.15, -0.1) is 0 Å². The maximum atomic E-state index is 12.0. The fraction of sp³-hybridized carbons (Fsp3) is 0.176. The van der Waals surface area contributed by atoms with Crippen LogP contribution in [-0.4, -0.2) is 18.4 Å². The zero-order valence-corrected chi connectivity index (χ0v) is 14.3. The maximum absolute atomic E-state index is 12.0. The highest BCUT2D eigenvalue weighted by Crippen LogP contribution is 2.20. The monoisotopic (exact) mass is 350 g/mol. The molecule has 0 saturated heterocycles. The van der Waals surface area contributed by atoms with Crippen molar-refractivity contribution in [3.8, 4) is 0 Å². The van der Waals surface area contributed by atoms with E-state index < -0.39 is 5.91 Å². The number of anilines is 1. The van der Waals surface area contributed by atoms with Crippen molar-refractivity contribution in [2.45, 2.75) is 13.8 Å². The number of rotatable bonds is 4. The van der Waals surface area contributed by atoms with Crippen LogP contribution in [0.1, 0.15) is 21.5 Å². The van der Waals surface area contributed by atoms with Crippen molar-refractivity contribution in [2.24, 2.45) is 0 Å². The Bertz CT molecular complexity index is 760. The van der Waals surface area contributed by atoms with Gasteiger partial charge in [-0.05, 0) is 55.3 Å². The van der Waals surface area contributed by atoms with Gasteiger partial charge in [0.1, 0.15) is 0 Å². The summed E-state index contributed by atoms with van der Waals surface area (Å²) in [4.78, 5) is 23.9. The Morgan fingerprint density at radius 2 is 1.74 bits per heavy atom. The fourth-order valence-electron chi connectivity index (χ4n) is 1.95. The van der Waals surface area contributed by atoms with E-state index in [-0.39, 0.29) is 23.0 Å². The summed E-state index contributed by atoms with van der Waals surface area (Å²) in [6.07, 6.45) is 0. The molecule has 0 aliphatic carbocycles. The van der Waals surface area contributed by atoms with E-state index >= 15 is 0 Å². The molecule has 2 amide bonds. The minimum absolute atomic E-state index is 0.148. The number of benzene rings is 2. The van der Waals surface area contributed by atoms with Gasteiger partial charge in [-0.2, -0.15) is 0 Å². The Morgan fingerprint density at radius 3 is 2.39 bits per heavy atom. The molecule has 0 atom stereocenters. The molecular weight excluding hydrogens is 335 g/mol. The number of nitrogens with one attached hydrogen (secondary N) is 2. The normalized spacial score (nSPS) is 10.3. The van der Waals surface area contributed by atoms with E-state index in [1.807, 2.05) is 32.0 Å². The van der Waals surface area contributed by atoms with Gasteiger partial charge in [-0.3, -0.25) is 9.59 Å². The second kappa shape index (κ2) is 7.49. The third kappa shape index (κ3) is 4.71. The van der Waals surface area contributed by atoms with Crippen LogP contribution in [0.3, 0.4) is 0 Å². The van der Waals surface area contributed by atoms with Crippen LogP contribution in [0.2, 0.25) is 10.0 Å². The fourth-order valence-corrected chi connectivity index (χ4v) is 2.45. The molecule has 0 unspecified atom stereocenters. The zero-order chi connectivity index (χ0) is 17.0. The first-order chi connectivity index (χ1) is 10.9. The van der Waals surface area contributed by atoms with Crippen LogP contribution in [0.15, 0.2) is 36.4 Å². The smallest absolute Gasteiger partial charge is 0.253 e. The lowest BCUT2D eigenvalue weighted by atomic mass is 10.1. The number of aryl methyl sites for hydroxylation is 2. The second-order valence-corrected chi connectivity index (χ2v) is 6.00. The van der Waals surface area contributed by atoms with E-state index in [2.05, 4.69) is 10.6 Å². The molecule has 0 saturated carbocycles. The van der Waals surface area contributed by atoms with Gasteiger partial charge in [0.05, 0.1) is 17.1 Å². The minimum Gasteiger partial charge on any atom is -0.343 e. The van der Waals surface area contributed by atoms with Gasteiger partial charge >= 0.3 is 0 Å².